The van der Waals surface area contributed by atoms with E-state index in [1.807, 2.05) is 0 Å². The summed E-state index contributed by atoms with van der Waals surface area (Å²) in [5, 5.41) is 2.81. The number of nitrogens with zero attached hydrogens (tertiary/aromatic N) is 1. The molecule has 1 aromatic carbocycles. The Balaban J connectivity index is 1.23. The van der Waals surface area contributed by atoms with Crippen molar-refractivity contribution >= 4 is 17.5 Å². The fraction of sp³-hybridized carbons (Fsp3) is 0.655. The van der Waals surface area contributed by atoms with Gasteiger partial charge in [0.1, 0.15) is 0 Å². The van der Waals surface area contributed by atoms with Crippen molar-refractivity contribution in [2.45, 2.75) is 83.9 Å². The average molecular weight is 501 g/mol. The Kier molecular flexibility index (Phi) is 5.41. The van der Waals surface area contributed by atoms with Gasteiger partial charge in [-0.05, 0) is 92.7 Å². The number of rotatable bonds is 3. The molecule has 1 unspecified atom stereocenters. The number of nitrogens with one attached hydrogen (secondary N) is 1. The van der Waals surface area contributed by atoms with Gasteiger partial charge in [-0.15, -0.1) is 0 Å². The van der Waals surface area contributed by atoms with Gasteiger partial charge in [0.25, 0.3) is 0 Å². The molecule has 194 valence electrons. The first-order valence-corrected chi connectivity index (χ1v) is 13.5. The van der Waals surface area contributed by atoms with Crippen molar-refractivity contribution in [2.75, 3.05) is 5.32 Å². The van der Waals surface area contributed by atoms with Crippen molar-refractivity contribution in [3.8, 4) is 0 Å². The number of piperidine rings is 1. The molecule has 1 N–H and O–H groups in total. The van der Waals surface area contributed by atoms with Crippen LogP contribution in [-0.2, 0) is 15.8 Å². The summed E-state index contributed by atoms with van der Waals surface area (Å²) in [6, 6.07) is 5.31. The van der Waals surface area contributed by atoms with Gasteiger partial charge >= 0.3 is 6.18 Å². The molecule has 4 nitrogen and oxygen atoms in total. The summed E-state index contributed by atoms with van der Waals surface area (Å²) >= 11 is 0. The maximum absolute atomic E-state index is 13.4. The Morgan fingerprint density at radius 3 is 2.56 bits per heavy atom. The third-order valence-corrected chi connectivity index (χ3v) is 10.5. The highest BCUT2D eigenvalue weighted by molar-refractivity contribution is 5.93. The molecule has 0 radical (unpaired) electrons. The van der Waals surface area contributed by atoms with Gasteiger partial charge in [0.15, 0.2) is 0 Å². The van der Waals surface area contributed by atoms with Crippen LogP contribution in [0.5, 0.6) is 0 Å². The van der Waals surface area contributed by atoms with Crippen molar-refractivity contribution in [1.82, 2.24) is 4.90 Å². The van der Waals surface area contributed by atoms with Crippen LogP contribution in [0.2, 0.25) is 0 Å². The number of halogens is 3. The van der Waals surface area contributed by atoms with Crippen LogP contribution in [0.1, 0.15) is 77.2 Å². The van der Waals surface area contributed by atoms with Gasteiger partial charge in [-0.25, -0.2) is 0 Å². The minimum atomic E-state index is -4.44. The maximum Gasteiger partial charge on any atom is 0.416 e. The zero-order chi connectivity index (χ0) is 25.5. The lowest BCUT2D eigenvalue weighted by Gasteiger charge is -2.58. The predicted octanol–water partition coefficient (Wildman–Crippen LogP) is 6.78. The normalized spacial score (nSPS) is 38.1. The minimum absolute atomic E-state index is 0.0130. The molecule has 7 heteroatoms. The fourth-order valence-electron chi connectivity index (χ4n) is 8.55. The number of carbonyl (C=O) groups excluding carboxylic acids is 2. The average Bonchev–Trinajstić information content (AvgIpc) is 3.59. The molecule has 4 aliphatic carbocycles. The quantitative estimate of drug-likeness (QED) is 0.497. The van der Waals surface area contributed by atoms with E-state index in [2.05, 4.69) is 30.1 Å². The summed E-state index contributed by atoms with van der Waals surface area (Å²) in [5.41, 5.74) is 0.581. The summed E-state index contributed by atoms with van der Waals surface area (Å²) in [6.07, 6.45) is 6.33. The molecule has 3 saturated carbocycles. The summed E-state index contributed by atoms with van der Waals surface area (Å²) in [4.78, 5) is 28.3. The van der Waals surface area contributed by atoms with Crippen molar-refractivity contribution in [3.05, 3.63) is 41.6 Å². The van der Waals surface area contributed by atoms with Crippen LogP contribution in [0.25, 0.3) is 0 Å². The highest BCUT2D eigenvalue weighted by Gasteiger charge is 2.61. The van der Waals surface area contributed by atoms with Crippen LogP contribution in [0.15, 0.2) is 36.0 Å². The first-order valence-electron chi connectivity index (χ1n) is 13.5. The van der Waals surface area contributed by atoms with Crippen LogP contribution in [0.4, 0.5) is 18.9 Å². The number of carbonyl (C=O) groups is 2. The summed E-state index contributed by atoms with van der Waals surface area (Å²) < 4.78 is 39.4. The summed E-state index contributed by atoms with van der Waals surface area (Å²) in [5.74, 6) is 1.34. The smallest absolute Gasteiger partial charge is 0.326 e. The fourth-order valence-corrected chi connectivity index (χ4v) is 8.55. The Morgan fingerprint density at radius 1 is 1.06 bits per heavy atom. The number of hydrogen-bond acceptors (Lipinski definition) is 2. The van der Waals surface area contributed by atoms with E-state index >= 15 is 0 Å². The van der Waals surface area contributed by atoms with Gasteiger partial charge in [-0.3, -0.25) is 9.59 Å². The lowest BCUT2D eigenvalue weighted by molar-refractivity contribution is -0.139. The molecule has 1 saturated heterocycles. The molecule has 0 bridgehead atoms. The lowest BCUT2D eigenvalue weighted by atomic mass is 9.49. The van der Waals surface area contributed by atoms with Crippen LogP contribution in [-0.4, -0.2) is 22.8 Å². The number of likely N-dealkylation sites (tertiary alicyclic amines) is 1. The minimum Gasteiger partial charge on any atom is -0.326 e. The van der Waals surface area contributed by atoms with Crippen LogP contribution in [0, 0.1) is 34.5 Å². The Hall–Kier alpha value is -2.31. The van der Waals surface area contributed by atoms with E-state index in [9.17, 15) is 22.8 Å². The Morgan fingerprint density at radius 2 is 1.83 bits per heavy atom. The number of anilines is 1. The number of alkyl halides is 3. The highest BCUT2D eigenvalue weighted by Crippen LogP contribution is 2.66. The van der Waals surface area contributed by atoms with Crippen molar-refractivity contribution in [3.63, 3.8) is 0 Å². The molecule has 0 spiro atoms. The number of hydrogen-bond donors (Lipinski definition) is 1. The number of allylic oxidation sites excluding steroid dienone is 2. The van der Waals surface area contributed by atoms with Crippen LogP contribution < -0.4 is 5.32 Å². The molecule has 6 atom stereocenters. The molecule has 36 heavy (non-hydrogen) atoms. The number of amides is 2. The lowest BCUT2D eigenvalue weighted by Crippen LogP contribution is -2.55. The first kappa shape index (κ1) is 24.1. The molecular formula is C29H35F3N2O2. The Bertz CT molecular complexity index is 1130. The van der Waals surface area contributed by atoms with E-state index < -0.39 is 11.7 Å². The standard InChI is InChI=1S/C29H35F3N2O2/c1-27-14-12-22-20(8-11-24-28(22,2)15-13-25(35)34(24)19-6-7-19)21(27)9-10-23(27)26(36)33-18-5-3-4-17(16-18)29(30,31)32/h3-5,11,16,19-23H,6-10,12-15H2,1-2H3,(H,33,36)/t20-,21-,22+,23?,27-,28+/m0/s1. The summed E-state index contributed by atoms with van der Waals surface area (Å²) in [6.45, 7) is 4.60. The molecule has 5 aliphatic rings. The van der Waals surface area contributed by atoms with Crippen LogP contribution in [0.3, 0.4) is 0 Å². The van der Waals surface area contributed by atoms with Crippen LogP contribution >= 0.6 is 0 Å². The SMILES string of the molecule is C[C@]12CCC(=O)N(C3CC3)C1=CC[C@@H]1[C@H]2CC[C@]2(C)C(C(=O)Nc3cccc(C(F)(F)F)c3)CC[C@@H]12. The van der Waals surface area contributed by atoms with Gasteiger partial charge in [0, 0.05) is 35.2 Å². The summed E-state index contributed by atoms with van der Waals surface area (Å²) in [7, 11) is 0. The van der Waals surface area contributed by atoms with Crippen molar-refractivity contribution in [2.24, 2.45) is 34.5 Å². The topological polar surface area (TPSA) is 49.4 Å². The van der Waals surface area contributed by atoms with E-state index in [0.717, 1.165) is 63.5 Å². The van der Waals surface area contributed by atoms with Gasteiger partial charge < -0.3 is 10.2 Å². The van der Waals surface area contributed by atoms with Gasteiger partial charge in [-0.1, -0.05) is 26.0 Å². The molecule has 1 heterocycles. The second kappa shape index (κ2) is 8.09. The second-order valence-corrected chi connectivity index (χ2v) is 12.4. The van der Waals surface area contributed by atoms with Gasteiger partial charge in [0.2, 0.25) is 11.8 Å². The molecule has 1 aliphatic heterocycles. The van der Waals surface area contributed by atoms with Crippen molar-refractivity contribution < 1.29 is 22.8 Å². The molecule has 1 aromatic rings. The zero-order valence-corrected chi connectivity index (χ0v) is 21.0. The first-order chi connectivity index (χ1) is 17.0. The number of benzene rings is 1. The van der Waals surface area contributed by atoms with E-state index in [0.29, 0.717) is 30.2 Å². The molecule has 4 fully saturated rings. The monoisotopic (exact) mass is 500 g/mol. The third kappa shape index (κ3) is 3.63. The van der Waals surface area contributed by atoms with E-state index in [4.69, 9.17) is 0 Å². The molecular weight excluding hydrogens is 465 g/mol. The molecule has 0 aromatic heterocycles. The predicted molar refractivity (Wildman–Crippen MR) is 131 cm³/mol. The van der Waals surface area contributed by atoms with E-state index in [1.165, 1.54) is 17.8 Å². The van der Waals surface area contributed by atoms with Gasteiger partial charge in [-0.2, -0.15) is 13.2 Å². The van der Waals surface area contributed by atoms with E-state index in [1.54, 1.807) is 0 Å². The molecule has 2 amide bonds. The highest BCUT2D eigenvalue weighted by atomic mass is 19.4. The zero-order valence-electron chi connectivity index (χ0n) is 21.0. The van der Waals surface area contributed by atoms with Gasteiger partial charge in [0.05, 0.1) is 5.56 Å². The Labute approximate surface area is 210 Å². The maximum atomic E-state index is 13.4. The second-order valence-electron chi connectivity index (χ2n) is 12.4. The third-order valence-electron chi connectivity index (χ3n) is 10.5. The van der Waals surface area contributed by atoms with E-state index in [-0.39, 0.29) is 34.2 Å². The largest absolute Gasteiger partial charge is 0.416 e. The van der Waals surface area contributed by atoms with Crippen molar-refractivity contribution in [1.29, 1.82) is 0 Å². The molecule has 6 rings (SSSR count). The number of fused-ring (bicyclic) bond motifs is 5.